The Morgan fingerprint density at radius 3 is 2.32 bits per heavy atom. The van der Waals surface area contributed by atoms with Crippen LogP contribution in [0.4, 0.5) is 0 Å². The van der Waals surface area contributed by atoms with Crippen molar-refractivity contribution in [1.29, 1.82) is 0 Å². The number of carboxylic acids is 1. The number of carbonyl (C=O) groups excluding carboxylic acids is 1. The number of carbonyl (C=O) groups is 2. The average Bonchev–Trinajstić information content (AvgIpc) is 2.34. The molecule has 5 heteroatoms. The highest BCUT2D eigenvalue weighted by Crippen LogP contribution is 2.10. The van der Waals surface area contributed by atoms with Crippen molar-refractivity contribution >= 4 is 29.6 Å². The van der Waals surface area contributed by atoms with E-state index in [4.69, 9.17) is 16.7 Å². The van der Waals surface area contributed by atoms with Crippen LogP contribution in [-0.4, -0.2) is 23.0 Å². The van der Waals surface area contributed by atoms with Crippen LogP contribution in [0.2, 0.25) is 5.02 Å². The predicted molar refractivity (Wildman–Crippen MR) is 74.9 cm³/mol. The number of hydrogen-bond donors (Lipinski definition) is 2. The van der Waals surface area contributed by atoms with Gasteiger partial charge in [0.15, 0.2) is 0 Å². The summed E-state index contributed by atoms with van der Waals surface area (Å²) in [4.78, 5) is 22.5. The van der Waals surface area contributed by atoms with Crippen molar-refractivity contribution in [3.05, 3.63) is 40.9 Å². The molecule has 0 aromatic heterocycles. The monoisotopic (exact) mass is 281 g/mol. The first-order valence-corrected chi connectivity index (χ1v) is 6.25. The Hall–Kier alpha value is -1.81. The molecule has 0 aliphatic rings. The molecule has 0 bridgehead atoms. The number of hydrogen-bond acceptors (Lipinski definition) is 2. The third-order valence-electron chi connectivity index (χ3n) is 2.53. The SMILES string of the molecule is CC(C)C(NC(=O)/C=C\c1ccc(Cl)cc1)C(=O)O. The molecule has 1 aromatic rings. The summed E-state index contributed by atoms with van der Waals surface area (Å²) < 4.78 is 0. The minimum Gasteiger partial charge on any atom is -0.480 e. The summed E-state index contributed by atoms with van der Waals surface area (Å²) in [6, 6.07) is 6.08. The molecule has 1 amide bonds. The minimum atomic E-state index is -1.04. The van der Waals surface area contributed by atoms with Gasteiger partial charge in [0.1, 0.15) is 6.04 Å². The largest absolute Gasteiger partial charge is 0.480 e. The van der Waals surface area contributed by atoms with E-state index in [1.165, 1.54) is 6.08 Å². The summed E-state index contributed by atoms with van der Waals surface area (Å²) in [5, 5.41) is 12.0. The van der Waals surface area contributed by atoms with E-state index in [1.807, 2.05) is 0 Å². The third kappa shape index (κ3) is 5.14. The van der Waals surface area contributed by atoms with Crippen LogP contribution >= 0.6 is 11.6 Å². The van der Waals surface area contributed by atoms with Gasteiger partial charge in [-0.2, -0.15) is 0 Å². The lowest BCUT2D eigenvalue weighted by atomic mass is 10.0. The topological polar surface area (TPSA) is 66.4 Å². The van der Waals surface area contributed by atoms with Gasteiger partial charge in [-0.25, -0.2) is 4.79 Å². The molecule has 0 aliphatic heterocycles. The Morgan fingerprint density at radius 2 is 1.84 bits per heavy atom. The van der Waals surface area contributed by atoms with Crippen LogP contribution in [0.15, 0.2) is 30.3 Å². The van der Waals surface area contributed by atoms with Gasteiger partial charge in [-0.05, 0) is 29.7 Å². The maximum atomic E-state index is 11.6. The molecule has 102 valence electrons. The molecule has 4 nitrogen and oxygen atoms in total. The Balaban J connectivity index is 2.64. The highest BCUT2D eigenvalue weighted by molar-refractivity contribution is 6.30. The Kier molecular flexibility index (Phi) is 5.57. The van der Waals surface area contributed by atoms with Crippen LogP contribution in [0.25, 0.3) is 6.08 Å². The number of halogens is 1. The van der Waals surface area contributed by atoms with E-state index in [2.05, 4.69) is 5.32 Å². The Bertz CT molecular complexity index is 480. The average molecular weight is 282 g/mol. The van der Waals surface area contributed by atoms with Gasteiger partial charge in [-0.1, -0.05) is 37.6 Å². The maximum absolute atomic E-state index is 11.6. The zero-order valence-electron chi connectivity index (χ0n) is 10.8. The molecular formula is C14H16ClNO3. The molecule has 19 heavy (non-hydrogen) atoms. The smallest absolute Gasteiger partial charge is 0.326 e. The van der Waals surface area contributed by atoms with Crippen molar-refractivity contribution in [1.82, 2.24) is 5.32 Å². The molecule has 0 fully saturated rings. The van der Waals surface area contributed by atoms with E-state index in [-0.39, 0.29) is 5.92 Å². The molecule has 0 heterocycles. The fourth-order valence-electron chi connectivity index (χ4n) is 1.46. The summed E-state index contributed by atoms with van der Waals surface area (Å²) in [6.07, 6.45) is 2.91. The molecule has 1 atom stereocenters. The molecule has 0 saturated heterocycles. The third-order valence-corrected chi connectivity index (χ3v) is 2.78. The molecule has 1 unspecified atom stereocenters. The first-order chi connectivity index (χ1) is 8.90. The zero-order valence-corrected chi connectivity index (χ0v) is 11.5. The normalized spacial score (nSPS) is 12.6. The van der Waals surface area contributed by atoms with Gasteiger partial charge in [-0.15, -0.1) is 0 Å². The van der Waals surface area contributed by atoms with Crippen LogP contribution in [0, 0.1) is 5.92 Å². The Labute approximate surface area is 117 Å². The van der Waals surface area contributed by atoms with Crippen molar-refractivity contribution in [2.24, 2.45) is 5.92 Å². The van der Waals surface area contributed by atoms with E-state index < -0.39 is 17.9 Å². The second-order valence-corrected chi connectivity index (χ2v) is 4.89. The first kappa shape index (κ1) is 15.2. The number of benzene rings is 1. The van der Waals surface area contributed by atoms with Gasteiger partial charge in [0.05, 0.1) is 0 Å². The maximum Gasteiger partial charge on any atom is 0.326 e. The second kappa shape index (κ2) is 6.95. The van der Waals surface area contributed by atoms with Gasteiger partial charge in [0.2, 0.25) is 5.91 Å². The first-order valence-electron chi connectivity index (χ1n) is 5.87. The van der Waals surface area contributed by atoms with E-state index in [0.717, 1.165) is 5.56 Å². The molecule has 0 saturated carbocycles. The lowest BCUT2D eigenvalue weighted by Crippen LogP contribution is -2.43. The molecule has 1 aromatic carbocycles. The van der Waals surface area contributed by atoms with Crippen LogP contribution < -0.4 is 5.32 Å². The number of amides is 1. The van der Waals surface area contributed by atoms with E-state index in [1.54, 1.807) is 44.2 Å². The van der Waals surface area contributed by atoms with Crippen LogP contribution in [0.1, 0.15) is 19.4 Å². The van der Waals surface area contributed by atoms with E-state index in [9.17, 15) is 9.59 Å². The molecule has 0 aliphatic carbocycles. The lowest BCUT2D eigenvalue weighted by molar-refractivity contribution is -0.142. The van der Waals surface area contributed by atoms with Gasteiger partial charge >= 0.3 is 5.97 Å². The zero-order chi connectivity index (χ0) is 14.4. The summed E-state index contributed by atoms with van der Waals surface area (Å²) in [5.74, 6) is -1.65. The molecule has 2 N–H and O–H groups in total. The van der Waals surface area contributed by atoms with Crippen molar-refractivity contribution < 1.29 is 14.7 Å². The Morgan fingerprint density at radius 1 is 1.26 bits per heavy atom. The highest BCUT2D eigenvalue weighted by atomic mass is 35.5. The van der Waals surface area contributed by atoms with Gasteiger partial charge < -0.3 is 10.4 Å². The fraction of sp³-hybridized carbons (Fsp3) is 0.286. The number of nitrogens with one attached hydrogen (secondary N) is 1. The quantitative estimate of drug-likeness (QED) is 0.815. The summed E-state index contributed by atoms with van der Waals surface area (Å²) in [5.41, 5.74) is 0.816. The van der Waals surface area contributed by atoms with Crippen molar-refractivity contribution in [3.8, 4) is 0 Å². The number of aliphatic carboxylic acids is 1. The fourth-order valence-corrected chi connectivity index (χ4v) is 1.59. The standard InChI is InChI=1S/C14H16ClNO3/c1-9(2)13(14(18)19)16-12(17)8-5-10-3-6-11(15)7-4-10/h3-9,13H,1-2H3,(H,16,17)(H,18,19)/b8-5-. The molecule has 0 spiro atoms. The molecule has 1 rings (SSSR count). The van der Waals surface area contributed by atoms with E-state index >= 15 is 0 Å². The van der Waals surface area contributed by atoms with Gasteiger partial charge in [-0.3, -0.25) is 4.79 Å². The number of rotatable bonds is 5. The molecule has 0 radical (unpaired) electrons. The second-order valence-electron chi connectivity index (χ2n) is 4.45. The molecular weight excluding hydrogens is 266 g/mol. The van der Waals surface area contributed by atoms with Crippen LogP contribution in [-0.2, 0) is 9.59 Å². The van der Waals surface area contributed by atoms with E-state index in [0.29, 0.717) is 5.02 Å². The van der Waals surface area contributed by atoms with Crippen molar-refractivity contribution in [2.75, 3.05) is 0 Å². The van der Waals surface area contributed by atoms with Gasteiger partial charge in [0, 0.05) is 11.1 Å². The van der Waals surface area contributed by atoms with Crippen LogP contribution in [0.5, 0.6) is 0 Å². The minimum absolute atomic E-state index is 0.176. The highest BCUT2D eigenvalue weighted by Gasteiger charge is 2.22. The lowest BCUT2D eigenvalue weighted by Gasteiger charge is -2.16. The summed E-state index contributed by atoms with van der Waals surface area (Å²) >= 11 is 5.74. The predicted octanol–water partition coefficient (Wildman–Crippen LogP) is 2.58. The summed E-state index contributed by atoms with van der Waals surface area (Å²) in [6.45, 7) is 3.48. The number of carboxylic acid groups (broad SMARTS) is 1. The van der Waals surface area contributed by atoms with Crippen LogP contribution in [0.3, 0.4) is 0 Å². The van der Waals surface area contributed by atoms with Crippen molar-refractivity contribution in [3.63, 3.8) is 0 Å². The van der Waals surface area contributed by atoms with Gasteiger partial charge in [0.25, 0.3) is 0 Å². The van der Waals surface area contributed by atoms with Crippen molar-refractivity contribution in [2.45, 2.75) is 19.9 Å². The summed E-state index contributed by atoms with van der Waals surface area (Å²) in [7, 11) is 0.